The summed E-state index contributed by atoms with van der Waals surface area (Å²) in [6.07, 6.45) is 2.48. The van der Waals surface area contributed by atoms with Crippen molar-refractivity contribution < 1.29 is 26.2 Å². The number of aryl methyl sites for hydroxylation is 1. The zero-order valence-corrected chi connectivity index (χ0v) is 20.6. The fourth-order valence-corrected chi connectivity index (χ4v) is 3.24. The number of hydrogen-bond donors (Lipinski definition) is 0. The summed E-state index contributed by atoms with van der Waals surface area (Å²) >= 11 is 0. The van der Waals surface area contributed by atoms with E-state index >= 15 is 0 Å². The van der Waals surface area contributed by atoms with Crippen LogP contribution >= 0.6 is 0 Å². The molecule has 0 saturated carbocycles. The van der Waals surface area contributed by atoms with E-state index in [1.54, 1.807) is 11.1 Å². The van der Waals surface area contributed by atoms with Gasteiger partial charge in [-0.1, -0.05) is 31.9 Å². The molecule has 0 aromatic heterocycles. The molecule has 4 rings (SSSR count). The number of rotatable bonds is 0. The van der Waals surface area contributed by atoms with Crippen molar-refractivity contribution in [3.05, 3.63) is 108 Å². The van der Waals surface area contributed by atoms with E-state index in [0.717, 1.165) is 0 Å². The van der Waals surface area contributed by atoms with E-state index in [1.165, 1.54) is 29.2 Å². The molecule has 3 aromatic carbocycles. The molecule has 0 nitrogen and oxygen atoms in total. The second-order valence-corrected chi connectivity index (χ2v) is 6.70. The summed E-state index contributed by atoms with van der Waals surface area (Å²) in [5.74, 6) is 0. The molecule has 0 N–H and O–H groups in total. The second kappa shape index (κ2) is 13.3. The molecule has 1 aliphatic rings. The quantitative estimate of drug-likeness (QED) is 0.323. The van der Waals surface area contributed by atoms with Crippen LogP contribution in [0.4, 0.5) is 0 Å². The van der Waals surface area contributed by atoms with Crippen LogP contribution in [0.2, 0.25) is 0 Å². The molecule has 0 bridgehead atoms. The predicted molar refractivity (Wildman–Crippen MR) is 120 cm³/mol. The standard InChI is InChI=1S/C15H17.C5H5.5CH3.Zr/c1-10-4-5-11-6-12-8-15(2,3)9-13(12)7-14(10)11;1-2-4-5-3-1;;;;;;/h4-7H,8-9H2,1-3H3;1-5H;5*1H3;/q7*-1;. The molecule has 0 spiro atoms. The molecule has 148 valence electrons. The Morgan fingerprint density at radius 2 is 1.38 bits per heavy atom. The summed E-state index contributed by atoms with van der Waals surface area (Å²) in [6.45, 7) is 6.93. The molecule has 0 unspecified atom stereocenters. The molecule has 3 aromatic rings. The predicted octanol–water partition coefficient (Wildman–Crippen LogP) is 7.65. The van der Waals surface area contributed by atoms with Crippen molar-refractivity contribution in [2.75, 3.05) is 0 Å². The van der Waals surface area contributed by atoms with Crippen LogP contribution in [0.1, 0.15) is 30.5 Å². The summed E-state index contributed by atoms with van der Waals surface area (Å²) in [5, 5.41) is 2.87. The summed E-state index contributed by atoms with van der Waals surface area (Å²) in [7, 11) is 0. The largest absolute Gasteiger partial charge is 0.358 e. The van der Waals surface area contributed by atoms with Crippen molar-refractivity contribution in [2.45, 2.75) is 33.6 Å². The van der Waals surface area contributed by atoms with Crippen molar-refractivity contribution in [2.24, 2.45) is 5.41 Å². The van der Waals surface area contributed by atoms with Gasteiger partial charge in [0.05, 0.1) is 0 Å². The molecule has 0 amide bonds. The summed E-state index contributed by atoms with van der Waals surface area (Å²) in [4.78, 5) is 0. The zero-order chi connectivity index (χ0) is 14.2. The van der Waals surface area contributed by atoms with Crippen molar-refractivity contribution in [3.8, 4) is 0 Å². The van der Waals surface area contributed by atoms with Crippen LogP contribution in [0.25, 0.3) is 10.8 Å². The van der Waals surface area contributed by atoms with Crippen LogP contribution in [-0.2, 0) is 39.0 Å². The van der Waals surface area contributed by atoms with E-state index in [2.05, 4.69) is 45.0 Å². The van der Waals surface area contributed by atoms with Gasteiger partial charge in [-0.2, -0.15) is 30.3 Å². The molecule has 26 heavy (non-hydrogen) atoms. The first-order valence-electron chi connectivity index (χ1n) is 7.40. The van der Waals surface area contributed by atoms with Gasteiger partial charge in [-0.3, -0.25) is 0 Å². The van der Waals surface area contributed by atoms with Crippen molar-refractivity contribution in [1.82, 2.24) is 0 Å². The van der Waals surface area contributed by atoms with Crippen LogP contribution in [0, 0.1) is 49.5 Å². The van der Waals surface area contributed by atoms with Crippen LogP contribution in [0.5, 0.6) is 0 Å². The Kier molecular flexibility index (Phi) is 16.7. The average molecular weight is 429 g/mol. The van der Waals surface area contributed by atoms with Gasteiger partial charge in [0.15, 0.2) is 0 Å². The number of benzene rings is 1. The first kappa shape index (κ1) is 32.7. The van der Waals surface area contributed by atoms with Crippen molar-refractivity contribution >= 4 is 10.8 Å². The maximum Gasteiger partial charge on any atom is 0 e. The summed E-state index contributed by atoms with van der Waals surface area (Å²) in [6, 6.07) is 19.3. The molecular weight excluding hydrogens is 391 g/mol. The van der Waals surface area contributed by atoms with Crippen molar-refractivity contribution in [1.29, 1.82) is 0 Å². The van der Waals surface area contributed by atoms with Crippen molar-refractivity contribution in [3.63, 3.8) is 0 Å². The van der Waals surface area contributed by atoms with E-state index < -0.39 is 0 Å². The van der Waals surface area contributed by atoms with Crippen LogP contribution in [0.15, 0.2) is 54.6 Å². The molecule has 0 atom stereocenters. The Balaban J connectivity index is -0.000000196. The molecule has 0 radical (unpaired) electrons. The van der Waals surface area contributed by atoms with Gasteiger partial charge < -0.3 is 37.1 Å². The van der Waals surface area contributed by atoms with Gasteiger partial charge in [0.2, 0.25) is 0 Å². The van der Waals surface area contributed by atoms with Gasteiger partial charge in [-0.05, 0) is 18.3 Å². The van der Waals surface area contributed by atoms with Gasteiger partial charge in [0.25, 0.3) is 0 Å². The SMILES string of the molecule is C[c-]1ccc2cc3c(cc21)CC(C)(C)C3.[CH3-].[CH3-].[CH3-].[CH3-].[CH3-].[Zr].c1cc[cH-]c1. The smallest absolute Gasteiger partial charge is 0 e. The molecule has 0 fully saturated rings. The zero-order valence-electron chi connectivity index (χ0n) is 18.1. The third-order valence-electron chi connectivity index (χ3n) is 4.20. The molecule has 0 aliphatic heterocycles. The fourth-order valence-electron chi connectivity index (χ4n) is 3.24. The Hall–Kier alpha value is -0.937. The summed E-state index contributed by atoms with van der Waals surface area (Å²) in [5.41, 5.74) is 5.02. The summed E-state index contributed by atoms with van der Waals surface area (Å²) < 4.78 is 0. The second-order valence-electron chi connectivity index (χ2n) is 6.70. The third kappa shape index (κ3) is 7.36. The monoisotopic (exact) mass is 427 g/mol. The van der Waals surface area contributed by atoms with E-state index in [0.29, 0.717) is 5.41 Å². The maximum atomic E-state index is 2.41. The van der Waals surface area contributed by atoms with Gasteiger partial charge in [0.1, 0.15) is 0 Å². The van der Waals surface area contributed by atoms with Gasteiger partial charge in [0, 0.05) is 26.2 Å². The van der Waals surface area contributed by atoms with E-state index in [1.807, 2.05) is 30.3 Å². The Morgan fingerprint density at radius 3 is 1.85 bits per heavy atom. The average Bonchev–Trinajstić information content (AvgIpc) is 3.08. The number of fused-ring (bicyclic) bond motifs is 2. The normalized spacial score (nSPS) is 12.1. The molecular formula is C25H37Zr-7. The minimum Gasteiger partial charge on any atom is -0.358 e. The van der Waals surface area contributed by atoms with E-state index in [-0.39, 0.29) is 63.3 Å². The molecule has 1 heteroatoms. The minimum absolute atomic E-state index is 0. The Labute approximate surface area is 183 Å². The van der Waals surface area contributed by atoms with E-state index in [4.69, 9.17) is 0 Å². The Bertz CT molecular complexity index is 682. The maximum absolute atomic E-state index is 2.41. The fraction of sp³-hybridized carbons (Fsp3) is 0.240. The van der Waals surface area contributed by atoms with Crippen LogP contribution in [-0.4, -0.2) is 0 Å². The third-order valence-corrected chi connectivity index (χ3v) is 4.20. The van der Waals surface area contributed by atoms with Crippen LogP contribution < -0.4 is 0 Å². The molecule has 0 heterocycles. The topological polar surface area (TPSA) is 0 Å². The van der Waals surface area contributed by atoms with Gasteiger partial charge in [-0.15, -0.1) is 28.5 Å². The Morgan fingerprint density at radius 1 is 0.885 bits per heavy atom. The minimum atomic E-state index is 0. The van der Waals surface area contributed by atoms with Gasteiger partial charge in [-0.25, -0.2) is 12.1 Å². The van der Waals surface area contributed by atoms with Crippen LogP contribution in [0.3, 0.4) is 0 Å². The first-order valence-corrected chi connectivity index (χ1v) is 7.40. The van der Waals surface area contributed by atoms with E-state index in [9.17, 15) is 0 Å². The number of hydrogen-bond acceptors (Lipinski definition) is 0. The molecule has 0 saturated heterocycles. The molecule has 1 aliphatic carbocycles. The first-order chi connectivity index (χ1) is 9.55. The van der Waals surface area contributed by atoms with Gasteiger partial charge >= 0.3 is 0 Å².